The first-order valence-electron chi connectivity index (χ1n) is 22.1. The fourth-order valence-electron chi connectivity index (χ4n) is 11.4. The van der Waals surface area contributed by atoms with E-state index in [9.17, 15) is 0 Å². The van der Waals surface area contributed by atoms with E-state index in [2.05, 4.69) is 195 Å². The first-order chi connectivity index (χ1) is 28.1. The van der Waals surface area contributed by atoms with Gasteiger partial charge in [0, 0.05) is 17.9 Å². The summed E-state index contributed by atoms with van der Waals surface area (Å²) in [7, 11) is 0. The largest absolute Gasteiger partial charge is 0.329 e. The molecule has 0 saturated heterocycles. The summed E-state index contributed by atoms with van der Waals surface area (Å²) in [5.74, 6) is 0. The summed E-state index contributed by atoms with van der Waals surface area (Å²) in [6.45, 7) is 21.9. The van der Waals surface area contributed by atoms with Crippen molar-refractivity contribution in [3.63, 3.8) is 0 Å². The van der Waals surface area contributed by atoms with Gasteiger partial charge >= 0.3 is 0 Å². The van der Waals surface area contributed by atoms with Crippen molar-refractivity contribution < 1.29 is 0 Å². The number of hydrogen-bond donors (Lipinski definition) is 1. The van der Waals surface area contributed by atoms with Crippen LogP contribution in [0.15, 0.2) is 150 Å². The summed E-state index contributed by atoms with van der Waals surface area (Å²) < 4.78 is 0. The van der Waals surface area contributed by atoms with E-state index in [1.54, 1.807) is 5.57 Å². The number of nitrogens with zero attached hydrogens (tertiary/aromatic N) is 1. The summed E-state index contributed by atoms with van der Waals surface area (Å²) in [6.07, 6.45) is 11.8. The Labute approximate surface area is 353 Å². The fourth-order valence-corrected chi connectivity index (χ4v) is 11.4. The summed E-state index contributed by atoms with van der Waals surface area (Å²) in [5.41, 5.74) is 29.5. The van der Waals surface area contributed by atoms with Crippen molar-refractivity contribution in [2.75, 3.05) is 11.4 Å². The minimum Gasteiger partial charge on any atom is -0.329 e. The maximum Gasteiger partial charge on any atom is 0.0723 e. The summed E-state index contributed by atoms with van der Waals surface area (Å²) in [4.78, 5) is 2.57. The standard InChI is InChI=1S/C57H60N2/c1-53(2,3)37-23-27-41-42-28-24-38(54(4,5)6)32-48(42)57(47(41)31-37)49-33-39(55(7,8)9)25-29-43(49)44-30-26-40(34-50(44)57)59-51-21-15-13-19-45(51)56(35-58,36-17-11-10-12-18-36)46-20-14-16-22-52(46)59/h10-13,15,17-23,25-27,29-34H,14,16,24,28,35,58H2,1-9H3. The van der Waals surface area contributed by atoms with Crippen molar-refractivity contribution in [1.82, 2.24) is 0 Å². The number of fused-ring (bicyclic) bond motifs is 11. The topological polar surface area (TPSA) is 29.3 Å². The number of anilines is 2. The van der Waals surface area contributed by atoms with Gasteiger partial charge in [0.15, 0.2) is 0 Å². The van der Waals surface area contributed by atoms with Crippen LogP contribution in [0.25, 0.3) is 16.7 Å². The second-order valence-corrected chi connectivity index (χ2v) is 20.9. The van der Waals surface area contributed by atoms with E-state index in [0.717, 1.165) is 25.7 Å². The number of hydrogen-bond acceptors (Lipinski definition) is 2. The third kappa shape index (κ3) is 5.34. The van der Waals surface area contributed by atoms with E-state index in [1.807, 2.05) is 0 Å². The van der Waals surface area contributed by atoms with Gasteiger partial charge in [-0.2, -0.15) is 0 Å². The third-order valence-corrected chi connectivity index (χ3v) is 14.5. The Hall–Kier alpha value is -5.18. The van der Waals surface area contributed by atoms with Crippen molar-refractivity contribution in [3.05, 3.63) is 194 Å². The molecule has 0 bridgehead atoms. The van der Waals surface area contributed by atoms with E-state index >= 15 is 0 Å². The molecule has 5 aromatic rings. The molecule has 2 heteroatoms. The van der Waals surface area contributed by atoms with Gasteiger partial charge in [-0.1, -0.05) is 177 Å². The number of benzene rings is 5. The smallest absolute Gasteiger partial charge is 0.0723 e. The van der Waals surface area contributed by atoms with Crippen molar-refractivity contribution in [2.45, 2.75) is 110 Å². The van der Waals surface area contributed by atoms with Gasteiger partial charge in [-0.05, 0) is 132 Å². The Morgan fingerprint density at radius 1 is 0.576 bits per heavy atom. The molecule has 0 aromatic heterocycles. The number of para-hydroxylation sites is 1. The first-order valence-corrected chi connectivity index (χ1v) is 22.1. The van der Waals surface area contributed by atoms with Crippen molar-refractivity contribution in [3.8, 4) is 11.1 Å². The molecule has 4 aliphatic carbocycles. The lowest BCUT2D eigenvalue weighted by Gasteiger charge is -2.48. The zero-order valence-corrected chi connectivity index (χ0v) is 36.7. The van der Waals surface area contributed by atoms with Gasteiger partial charge in [0.1, 0.15) is 0 Å². The first kappa shape index (κ1) is 38.0. The SMILES string of the molecule is CC(C)(C)C1=CC2=C(CC1)c1ccc(C(C)(C)C)cc1C21c2cc(N3C4=CCCC=C4C(CN)(c4ccccc4)c4ccccc43)ccc2-c2ccc(C(C)(C)C)cc21. The Morgan fingerprint density at radius 2 is 1.17 bits per heavy atom. The quantitative estimate of drug-likeness (QED) is 0.198. The molecule has 1 spiro atoms. The molecule has 59 heavy (non-hydrogen) atoms. The van der Waals surface area contributed by atoms with Crippen LogP contribution in [-0.2, 0) is 21.7 Å². The molecule has 298 valence electrons. The van der Waals surface area contributed by atoms with Crippen LogP contribution in [0.3, 0.4) is 0 Å². The van der Waals surface area contributed by atoms with E-state index in [0.29, 0.717) is 6.54 Å². The summed E-state index contributed by atoms with van der Waals surface area (Å²) in [6, 6.07) is 42.4. The predicted octanol–water partition coefficient (Wildman–Crippen LogP) is 14.1. The summed E-state index contributed by atoms with van der Waals surface area (Å²) in [5, 5.41) is 0. The van der Waals surface area contributed by atoms with Crippen LogP contribution in [0, 0.1) is 5.41 Å². The molecule has 2 atom stereocenters. The van der Waals surface area contributed by atoms with E-state index in [1.165, 1.54) is 89.4 Å². The van der Waals surface area contributed by atoms with Crippen LogP contribution >= 0.6 is 0 Å². The monoisotopic (exact) mass is 772 g/mol. The second-order valence-electron chi connectivity index (χ2n) is 20.9. The zero-order valence-electron chi connectivity index (χ0n) is 36.7. The van der Waals surface area contributed by atoms with Crippen molar-refractivity contribution in [1.29, 1.82) is 0 Å². The Balaban J connectivity index is 1.29. The average molecular weight is 773 g/mol. The molecule has 0 fully saturated rings. The predicted molar refractivity (Wildman–Crippen MR) is 250 cm³/mol. The fraction of sp³-hybridized carbons (Fsp3) is 0.333. The minimum atomic E-state index is -0.454. The minimum absolute atomic E-state index is 0.00296. The zero-order chi connectivity index (χ0) is 41.3. The van der Waals surface area contributed by atoms with Crippen molar-refractivity contribution in [2.24, 2.45) is 11.1 Å². The van der Waals surface area contributed by atoms with Crippen LogP contribution < -0.4 is 10.6 Å². The molecule has 0 saturated carbocycles. The van der Waals surface area contributed by atoms with Crippen LogP contribution in [0.1, 0.15) is 133 Å². The molecule has 2 N–H and O–H groups in total. The van der Waals surface area contributed by atoms with E-state index < -0.39 is 10.8 Å². The third-order valence-electron chi connectivity index (χ3n) is 14.5. The number of rotatable bonds is 3. The molecule has 1 aliphatic heterocycles. The van der Waals surface area contributed by atoms with Gasteiger partial charge in [0.25, 0.3) is 0 Å². The van der Waals surface area contributed by atoms with Gasteiger partial charge in [0.2, 0.25) is 0 Å². The van der Waals surface area contributed by atoms with Gasteiger partial charge < -0.3 is 10.6 Å². The molecule has 2 unspecified atom stereocenters. The van der Waals surface area contributed by atoms with Gasteiger partial charge in [-0.25, -0.2) is 0 Å². The highest BCUT2D eigenvalue weighted by atomic mass is 15.2. The van der Waals surface area contributed by atoms with Crippen LogP contribution in [0.2, 0.25) is 0 Å². The molecular weight excluding hydrogens is 713 g/mol. The number of nitrogens with two attached hydrogens (primary N) is 1. The van der Waals surface area contributed by atoms with Gasteiger partial charge in [-0.15, -0.1) is 0 Å². The molecule has 5 aliphatic rings. The van der Waals surface area contributed by atoms with Crippen LogP contribution in [-0.4, -0.2) is 6.54 Å². The van der Waals surface area contributed by atoms with Crippen molar-refractivity contribution >= 4 is 16.9 Å². The molecule has 5 aromatic carbocycles. The lowest BCUT2D eigenvalue weighted by molar-refractivity contribution is 0.480. The van der Waals surface area contributed by atoms with Crippen LogP contribution in [0.4, 0.5) is 11.4 Å². The molecule has 10 rings (SSSR count). The Kier molecular flexibility index (Phi) is 8.33. The maximum absolute atomic E-state index is 7.01. The highest BCUT2D eigenvalue weighted by molar-refractivity contribution is 5.98. The summed E-state index contributed by atoms with van der Waals surface area (Å²) >= 11 is 0. The van der Waals surface area contributed by atoms with Gasteiger partial charge in [-0.3, -0.25) is 0 Å². The molecule has 0 amide bonds. The highest BCUT2D eigenvalue weighted by Crippen LogP contribution is 2.66. The normalized spacial score (nSPS) is 21.9. The average Bonchev–Trinajstić information content (AvgIpc) is 3.68. The number of allylic oxidation sites excluding steroid dienone is 7. The lowest BCUT2D eigenvalue weighted by Crippen LogP contribution is -2.46. The maximum atomic E-state index is 7.01. The molecule has 2 nitrogen and oxygen atoms in total. The van der Waals surface area contributed by atoms with E-state index in [4.69, 9.17) is 5.73 Å². The highest BCUT2D eigenvalue weighted by Gasteiger charge is 2.54. The van der Waals surface area contributed by atoms with E-state index in [-0.39, 0.29) is 16.2 Å². The Bertz CT molecular complexity index is 2700. The molecule has 0 radical (unpaired) electrons. The van der Waals surface area contributed by atoms with Gasteiger partial charge in [0.05, 0.1) is 16.5 Å². The van der Waals surface area contributed by atoms with Crippen LogP contribution in [0.5, 0.6) is 0 Å². The lowest BCUT2D eigenvalue weighted by atomic mass is 9.64. The second kappa shape index (κ2) is 12.9. The molecular formula is C57H60N2. The Morgan fingerprint density at radius 3 is 1.83 bits per heavy atom. The molecule has 1 heterocycles.